The molecule has 0 radical (unpaired) electrons. The molecule has 122 valence electrons. The maximum Gasteiger partial charge on any atom is 0.261 e. The van der Waals surface area contributed by atoms with Crippen LogP contribution >= 0.6 is 0 Å². The molecule has 1 amide bonds. The molecule has 3 rings (SSSR count). The van der Waals surface area contributed by atoms with E-state index < -0.39 is 5.91 Å². The number of rotatable bonds is 4. The molecular weight excluding hydrogens is 294 g/mol. The van der Waals surface area contributed by atoms with Crippen molar-refractivity contribution in [3.05, 3.63) is 29.3 Å². The van der Waals surface area contributed by atoms with Gasteiger partial charge in [0.2, 0.25) is 11.9 Å². The van der Waals surface area contributed by atoms with Gasteiger partial charge < -0.3 is 10.0 Å². The molecule has 1 saturated heterocycles. The molecule has 0 unspecified atom stereocenters. The van der Waals surface area contributed by atoms with Crippen LogP contribution in [0.25, 0.3) is 0 Å². The summed E-state index contributed by atoms with van der Waals surface area (Å²) in [5.74, 6) is 0.443. The van der Waals surface area contributed by atoms with E-state index in [2.05, 4.69) is 25.4 Å². The van der Waals surface area contributed by atoms with Crippen LogP contribution < -0.4 is 10.2 Å². The second kappa shape index (κ2) is 6.68. The third kappa shape index (κ3) is 3.44. The molecule has 0 bridgehead atoms. The van der Waals surface area contributed by atoms with Crippen molar-refractivity contribution in [3.8, 4) is 5.75 Å². The summed E-state index contributed by atoms with van der Waals surface area (Å²) in [4.78, 5) is 18.7. The van der Waals surface area contributed by atoms with Crippen LogP contribution in [0.3, 0.4) is 0 Å². The Balaban J connectivity index is 1.72. The van der Waals surface area contributed by atoms with Crippen LogP contribution in [0.5, 0.6) is 5.75 Å². The molecule has 1 aromatic carbocycles. The number of phenolic OH excluding ortho intramolecular Hbond substituents is 1. The monoisotopic (exact) mass is 315 g/mol. The Kier molecular flexibility index (Phi) is 4.45. The fourth-order valence-electron chi connectivity index (χ4n) is 2.70. The molecule has 2 aromatic rings. The summed E-state index contributed by atoms with van der Waals surface area (Å²) >= 11 is 0. The zero-order chi connectivity index (χ0) is 16.2. The maximum atomic E-state index is 12.3. The summed E-state index contributed by atoms with van der Waals surface area (Å²) in [6.07, 6.45) is 4.29. The van der Waals surface area contributed by atoms with Crippen LogP contribution in [0.1, 0.15) is 42.1 Å². The predicted octanol–water partition coefficient (Wildman–Crippen LogP) is 2.32. The average Bonchev–Trinajstić information content (AvgIpc) is 3.04. The van der Waals surface area contributed by atoms with Crippen LogP contribution in [-0.2, 0) is 6.42 Å². The summed E-state index contributed by atoms with van der Waals surface area (Å²) in [6, 6.07) is 5.02. The molecule has 7 heteroatoms. The number of anilines is 2. The lowest BCUT2D eigenvalue weighted by Gasteiger charge is -2.24. The second-order valence-corrected chi connectivity index (χ2v) is 5.69. The van der Waals surface area contributed by atoms with Crippen molar-refractivity contribution >= 4 is 17.8 Å². The van der Waals surface area contributed by atoms with E-state index in [0.717, 1.165) is 37.9 Å². The Morgan fingerprint density at radius 1 is 1.35 bits per heavy atom. The number of aromatic amines is 1. The Morgan fingerprint density at radius 3 is 2.87 bits per heavy atom. The highest BCUT2D eigenvalue weighted by molar-refractivity contribution is 6.05. The van der Waals surface area contributed by atoms with Gasteiger partial charge in [-0.2, -0.15) is 4.98 Å². The van der Waals surface area contributed by atoms with E-state index in [1.54, 1.807) is 12.1 Å². The number of carbonyl (C=O) groups is 1. The molecule has 2 heterocycles. The number of aromatic hydroxyl groups is 1. The number of phenols is 1. The van der Waals surface area contributed by atoms with Gasteiger partial charge in [-0.15, -0.1) is 5.10 Å². The zero-order valence-corrected chi connectivity index (χ0v) is 13.2. The number of nitrogens with zero attached hydrogens (tertiary/aromatic N) is 3. The summed E-state index contributed by atoms with van der Waals surface area (Å²) in [7, 11) is 0. The van der Waals surface area contributed by atoms with Crippen molar-refractivity contribution < 1.29 is 9.90 Å². The number of nitrogens with one attached hydrogen (secondary N) is 2. The highest BCUT2D eigenvalue weighted by Gasteiger charge is 2.17. The third-order valence-corrected chi connectivity index (χ3v) is 4.06. The average molecular weight is 315 g/mol. The molecule has 1 aliphatic heterocycles. The summed E-state index contributed by atoms with van der Waals surface area (Å²) in [6.45, 7) is 3.87. The Labute approximate surface area is 134 Å². The van der Waals surface area contributed by atoms with Gasteiger partial charge >= 0.3 is 0 Å². The first-order chi connectivity index (χ1) is 11.2. The lowest BCUT2D eigenvalue weighted by atomic mass is 10.1. The molecule has 1 fully saturated rings. The van der Waals surface area contributed by atoms with Crippen LogP contribution in [0.15, 0.2) is 18.2 Å². The lowest BCUT2D eigenvalue weighted by molar-refractivity contribution is 0.102. The number of hydrogen-bond donors (Lipinski definition) is 3. The molecule has 7 nitrogen and oxygen atoms in total. The number of carbonyl (C=O) groups excluding carboxylic acids is 1. The van der Waals surface area contributed by atoms with Gasteiger partial charge in [-0.05, 0) is 43.4 Å². The Hall–Kier alpha value is -2.57. The van der Waals surface area contributed by atoms with Gasteiger partial charge in [0.05, 0.1) is 5.56 Å². The number of hydrogen-bond acceptors (Lipinski definition) is 5. The van der Waals surface area contributed by atoms with E-state index in [4.69, 9.17) is 0 Å². The van der Waals surface area contributed by atoms with Crippen molar-refractivity contribution in [3.63, 3.8) is 0 Å². The molecule has 0 spiro atoms. The standard InChI is InChI=1S/C16H21N5O2/c1-2-11-6-7-13(22)12(10-11)14(23)17-15-18-16(20-19-15)21-8-4-3-5-9-21/h6-7,10,22H,2-5,8-9H2,1H3,(H2,17,18,19,20,23). The normalized spacial score (nSPS) is 14.7. The number of amides is 1. The third-order valence-electron chi connectivity index (χ3n) is 4.06. The van der Waals surface area contributed by atoms with E-state index in [0.29, 0.717) is 5.95 Å². The minimum absolute atomic E-state index is 0.0459. The van der Waals surface area contributed by atoms with E-state index in [9.17, 15) is 9.90 Å². The molecular formula is C16H21N5O2. The first-order valence-corrected chi connectivity index (χ1v) is 7.98. The first kappa shape index (κ1) is 15.3. The van der Waals surface area contributed by atoms with Crippen LogP contribution in [0.2, 0.25) is 0 Å². The molecule has 1 aliphatic rings. The molecule has 0 saturated carbocycles. The lowest BCUT2D eigenvalue weighted by Crippen LogP contribution is -2.30. The summed E-state index contributed by atoms with van der Waals surface area (Å²) in [5.41, 5.74) is 1.22. The SMILES string of the molecule is CCc1ccc(O)c(C(=O)Nc2nc(N3CCCCC3)n[nH]2)c1. The van der Waals surface area contributed by atoms with Crippen LogP contribution in [-0.4, -0.2) is 39.3 Å². The van der Waals surface area contributed by atoms with Gasteiger partial charge in [0, 0.05) is 13.1 Å². The summed E-state index contributed by atoms with van der Waals surface area (Å²) < 4.78 is 0. The fourth-order valence-corrected chi connectivity index (χ4v) is 2.70. The topological polar surface area (TPSA) is 94.1 Å². The van der Waals surface area contributed by atoms with E-state index in [1.165, 1.54) is 12.5 Å². The number of benzene rings is 1. The zero-order valence-electron chi connectivity index (χ0n) is 13.2. The highest BCUT2D eigenvalue weighted by Crippen LogP contribution is 2.21. The molecule has 0 aliphatic carbocycles. The van der Waals surface area contributed by atoms with Gasteiger partial charge in [0.25, 0.3) is 5.91 Å². The van der Waals surface area contributed by atoms with E-state index in [1.807, 2.05) is 6.92 Å². The Morgan fingerprint density at radius 2 is 2.13 bits per heavy atom. The predicted molar refractivity (Wildman–Crippen MR) is 87.9 cm³/mol. The van der Waals surface area contributed by atoms with Gasteiger partial charge in [-0.25, -0.2) is 5.10 Å². The number of aromatic nitrogens is 3. The van der Waals surface area contributed by atoms with E-state index >= 15 is 0 Å². The molecule has 23 heavy (non-hydrogen) atoms. The van der Waals surface area contributed by atoms with Gasteiger partial charge in [0.1, 0.15) is 5.75 Å². The van der Waals surface area contributed by atoms with Gasteiger partial charge in [-0.3, -0.25) is 10.1 Å². The molecule has 3 N–H and O–H groups in total. The highest BCUT2D eigenvalue weighted by atomic mass is 16.3. The maximum absolute atomic E-state index is 12.3. The van der Waals surface area contributed by atoms with Crippen molar-refractivity contribution in [2.45, 2.75) is 32.6 Å². The number of piperidine rings is 1. The van der Waals surface area contributed by atoms with Crippen molar-refractivity contribution in [2.24, 2.45) is 0 Å². The molecule has 1 aromatic heterocycles. The van der Waals surface area contributed by atoms with Gasteiger partial charge in [0.15, 0.2) is 0 Å². The van der Waals surface area contributed by atoms with Gasteiger partial charge in [-0.1, -0.05) is 13.0 Å². The fraction of sp³-hybridized carbons (Fsp3) is 0.438. The quantitative estimate of drug-likeness (QED) is 0.805. The minimum Gasteiger partial charge on any atom is -0.507 e. The van der Waals surface area contributed by atoms with Crippen molar-refractivity contribution in [1.29, 1.82) is 0 Å². The first-order valence-electron chi connectivity index (χ1n) is 7.98. The Bertz CT molecular complexity index is 692. The minimum atomic E-state index is -0.404. The van der Waals surface area contributed by atoms with Crippen molar-refractivity contribution in [1.82, 2.24) is 15.2 Å². The van der Waals surface area contributed by atoms with Crippen LogP contribution in [0, 0.1) is 0 Å². The number of H-pyrrole nitrogens is 1. The smallest absolute Gasteiger partial charge is 0.261 e. The van der Waals surface area contributed by atoms with Crippen LogP contribution in [0.4, 0.5) is 11.9 Å². The van der Waals surface area contributed by atoms with Crippen molar-refractivity contribution in [2.75, 3.05) is 23.3 Å². The van der Waals surface area contributed by atoms with E-state index in [-0.39, 0.29) is 17.3 Å². The summed E-state index contributed by atoms with van der Waals surface area (Å²) in [5, 5.41) is 19.4. The second-order valence-electron chi connectivity index (χ2n) is 5.69. The molecule has 0 atom stereocenters. The largest absolute Gasteiger partial charge is 0.507 e. The number of aryl methyl sites for hydroxylation is 1.